The second-order valence-electron chi connectivity index (χ2n) is 9.18. The Labute approximate surface area is 216 Å². The molecule has 2 amide bonds. The summed E-state index contributed by atoms with van der Waals surface area (Å²) in [5.74, 6) is -1.46. The molecule has 0 aliphatic rings. The molecule has 0 aliphatic carbocycles. The van der Waals surface area contributed by atoms with Crippen molar-refractivity contribution >= 4 is 50.7 Å². The molecule has 0 spiro atoms. The number of anilines is 1. The minimum absolute atomic E-state index is 0.0317. The molecule has 1 N–H and O–H groups in total. The zero-order chi connectivity index (χ0) is 26.6. The number of nitrogens with zero attached hydrogens (tertiary/aromatic N) is 2. The number of carbonyl (C=O) groups is 2. The van der Waals surface area contributed by atoms with Crippen LogP contribution in [0.25, 0.3) is 0 Å². The first-order valence-corrected chi connectivity index (χ1v) is 13.5. The summed E-state index contributed by atoms with van der Waals surface area (Å²) >= 11 is 12.3. The van der Waals surface area contributed by atoms with Gasteiger partial charge in [0.2, 0.25) is 21.8 Å². The Bertz CT molecular complexity index is 1170. The second-order valence-corrected chi connectivity index (χ2v) is 11.9. The van der Waals surface area contributed by atoms with E-state index in [1.165, 1.54) is 47.4 Å². The highest BCUT2D eigenvalue weighted by Crippen LogP contribution is 2.31. The summed E-state index contributed by atoms with van der Waals surface area (Å²) in [5.41, 5.74) is 0.0692. The number of sulfonamides is 1. The maximum atomic E-state index is 13.6. The molecule has 0 saturated carbocycles. The predicted octanol–water partition coefficient (Wildman–Crippen LogP) is 4.62. The number of amides is 2. The highest BCUT2D eigenvalue weighted by Gasteiger charge is 2.33. The van der Waals surface area contributed by atoms with E-state index in [0.717, 1.165) is 10.6 Å². The van der Waals surface area contributed by atoms with E-state index in [2.05, 4.69) is 5.32 Å². The molecule has 1 atom stereocenters. The number of rotatable bonds is 9. The average molecular weight is 546 g/mol. The molecule has 0 fully saturated rings. The van der Waals surface area contributed by atoms with Crippen molar-refractivity contribution in [1.29, 1.82) is 0 Å². The van der Waals surface area contributed by atoms with E-state index in [1.54, 1.807) is 6.92 Å². The minimum atomic E-state index is -3.95. The Morgan fingerprint density at radius 3 is 2.20 bits per heavy atom. The van der Waals surface area contributed by atoms with Crippen molar-refractivity contribution in [2.75, 3.05) is 17.1 Å². The molecule has 0 radical (unpaired) electrons. The summed E-state index contributed by atoms with van der Waals surface area (Å²) < 4.78 is 39.6. The molecule has 0 aromatic heterocycles. The Hall–Kier alpha value is -2.36. The van der Waals surface area contributed by atoms with Crippen LogP contribution < -0.4 is 9.62 Å². The lowest BCUT2D eigenvalue weighted by Gasteiger charge is -2.34. The topological polar surface area (TPSA) is 86.8 Å². The van der Waals surface area contributed by atoms with Crippen LogP contribution in [-0.2, 0) is 26.2 Å². The molecular formula is C24H30Cl2FN3O4S. The zero-order valence-electron chi connectivity index (χ0n) is 20.3. The molecule has 0 saturated heterocycles. The third-order valence-electron chi connectivity index (χ3n) is 5.01. The van der Waals surface area contributed by atoms with Gasteiger partial charge in [-0.25, -0.2) is 12.8 Å². The van der Waals surface area contributed by atoms with Crippen molar-refractivity contribution in [2.45, 2.75) is 52.2 Å². The molecule has 35 heavy (non-hydrogen) atoms. The molecule has 0 unspecified atom stereocenters. The van der Waals surface area contributed by atoms with Gasteiger partial charge in [-0.3, -0.25) is 13.9 Å². The van der Waals surface area contributed by atoms with Crippen molar-refractivity contribution in [3.8, 4) is 0 Å². The zero-order valence-corrected chi connectivity index (χ0v) is 22.6. The fraction of sp³-hybridized carbons (Fsp3) is 0.417. The van der Waals surface area contributed by atoms with Gasteiger partial charge in [-0.2, -0.15) is 0 Å². The second kappa shape index (κ2) is 11.6. The minimum Gasteiger partial charge on any atom is -0.350 e. The van der Waals surface area contributed by atoms with Crippen LogP contribution in [0, 0.1) is 5.82 Å². The van der Waals surface area contributed by atoms with E-state index in [9.17, 15) is 22.4 Å². The number of hydrogen-bond donors (Lipinski definition) is 1. The first-order valence-electron chi connectivity index (χ1n) is 10.9. The van der Waals surface area contributed by atoms with Crippen molar-refractivity contribution in [3.05, 3.63) is 63.9 Å². The van der Waals surface area contributed by atoms with Gasteiger partial charge < -0.3 is 10.2 Å². The van der Waals surface area contributed by atoms with Crippen LogP contribution in [0.2, 0.25) is 10.0 Å². The highest BCUT2D eigenvalue weighted by atomic mass is 35.5. The van der Waals surface area contributed by atoms with Gasteiger partial charge in [0.25, 0.3) is 0 Å². The fourth-order valence-electron chi connectivity index (χ4n) is 3.43. The lowest BCUT2D eigenvalue weighted by atomic mass is 10.1. The summed E-state index contributed by atoms with van der Waals surface area (Å²) in [5, 5.41) is 3.20. The van der Waals surface area contributed by atoms with Gasteiger partial charge in [-0.1, -0.05) is 42.3 Å². The van der Waals surface area contributed by atoms with E-state index in [0.29, 0.717) is 5.56 Å². The van der Waals surface area contributed by atoms with Crippen LogP contribution >= 0.6 is 23.2 Å². The lowest BCUT2D eigenvalue weighted by Crippen LogP contribution is -2.55. The third kappa shape index (κ3) is 8.37. The Morgan fingerprint density at radius 1 is 1.09 bits per heavy atom. The van der Waals surface area contributed by atoms with Gasteiger partial charge in [0.1, 0.15) is 18.4 Å². The van der Waals surface area contributed by atoms with Crippen molar-refractivity contribution in [2.24, 2.45) is 0 Å². The number of carbonyl (C=O) groups excluding carboxylic acids is 2. The Morgan fingerprint density at radius 2 is 1.69 bits per heavy atom. The molecule has 2 aromatic rings. The number of benzene rings is 2. The molecule has 0 bridgehead atoms. The molecule has 2 rings (SSSR count). The molecule has 0 aliphatic heterocycles. The Balaban J connectivity index is 2.49. The van der Waals surface area contributed by atoms with Gasteiger partial charge in [0.15, 0.2) is 0 Å². The first-order chi connectivity index (χ1) is 16.1. The smallest absolute Gasteiger partial charge is 0.244 e. The summed E-state index contributed by atoms with van der Waals surface area (Å²) in [6, 6.07) is 8.91. The van der Waals surface area contributed by atoms with Gasteiger partial charge in [-0.15, -0.1) is 0 Å². The van der Waals surface area contributed by atoms with Gasteiger partial charge >= 0.3 is 0 Å². The van der Waals surface area contributed by atoms with E-state index in [1.807, 2.05) is 20.8 Å². The van der Waals surface area contributed by atoms with Crippen LogP contribution in [0.3, 0.4) is 0 Å². The van der Waals surface area contributed by atoms with Crippen molar-refractivity contribution in [1.82, 2.24) is 10.2 Å². The summed E-state index contributed by atoms with van der Waals surface area (Å²) in [4.78, 5) is 28.0. The SMILES string of the molecule is CC[C@H](C(=O)NC(C)(C)C)N(Cc1ccc(F)cc1)C(=O)CN(c1cc(Cl)ccc1Cl)S(C)(=O)=O. The van der Waals surface area contributed by atoms with E-state index in [-0.39, 0.29) is 34.6 Å². The van der Waals surface area contributed by atoms with Gasteiger partial charge in [-0.05, 0) is 63.1 Å². The predicted molar refractivity (Wildman–Crippen MR) is 138 cm³/mol. The van der Waals surface area contributed by atoms with Crippen LogP contribution in [0.15, 0.2) is 42.5 Å². The molecule has 11 heteroatoms. The summed E-state index contributed by atoms with van der Waals surface area (Å²) in [6.07, 6.45) is 1.22. The number of hydrogen-bond acceptors (Lipinski definition) is 4. The quantitative estimate of drug-likeness (QED) is 0.498. The monoisotopic (exact) mass is 545 g/mol. The van der Waals surface area contributed by atoms with Crippen LogP contribution in [0.5, 0.6) is 0 Å². The first kappa shape index (κ1) is 28.9. The van der Waals surface area contributed by atoms with Gasteiger partial charge in [0, 0.05) is 17.1 Å². The average Bonchev–Trinajstić information content (AvgIpc) is 2.73. The Kier molecular flexibility index (Phi) is 9.56. The van der Waals surface area contributed by atoms with Crippen LogP contribution in [0.1, 0.15) is 39.7 Å². The third-order valence-corrected chi connectivity index (χ3v) is 6.69. The van der Waals surface area contributed by atoms with E-state index >= 15 is 0 Å². The molecule has 0 heterocycles. The normalized spacial score (nSPS) is 12.7. The highest BCUT2D eigenvalue weighted by molar-refractivity contribution is 7.92. The van der Waals surface area contributed by atoms with Crippen molar-refractivity contribution in [3.63, 3.8) is 0 Å². The summed E-state index contributed by atoms with van der Waals surface area (Å²) in [7, 11) is -3.95. The molecule has 7 nitrogen and oxygen atoms in total. The lowest BCUT2D eigenvalue weighted by molar-refractivity contribution is -0.141. The number of halogens is 3. The molecule has 2 aromatic carbocycles. The molecule has 192 valence electrons. The van der Waals surface area contributed by atoms with E-state index in [4.69, 9.17) is 23.2 Å². The number of nitrogens with one attached hydrogen (secondary N) is 1. The van der Waals surface area contributed by atoms with Gasteiger partial charge in [0.05, 0.1) is 17.0 Å². The summed E-state index contributed by atoms with van der Waals surface area (Å²) in [6.45, 7) is 6.55. The van der Waals surface area contributed by atoms with Crippen LogP contribution in [-0.4, -0.2) is 49.5 Å². The van der Waals surface area contributed by atoms with Crippen LogP contribution in [0.4, 0.5) is 10.1 Å². The van der Waals surface area contributed by atoms with Crippen molar-refractivity contribution < 1.29 is 22.4 Å². The maximum Gasteiger partial charge on any atom is 0.244 e. The standard InChI is InChI=1S/C24H30Cl2FN3O4S/c1-6-20(23(32)28-24(2,3)4)29(14-16-7-10-18(27)11-8-16)22(31)15-30(35(5,33)34)21-13-17(25)9-12-19(21)26/h7-13,20H,6,14-15H2,1-5H3,(H,28,32)/t20-/m1/s1. The van der Waals surface area contributed by atoms with E-state index < -0.39 is 39.9 Å². The fourth-order valence-corrected chi connectivity index (χ4v) is 4.72. The largest absolute Gasteiger partial charge is 0.350 e. The molecular weight excluding hydrogens is 516 g/mol. The maximum absolute atomic E-state index is 13.6.